The highest BCUT2D eigenvalue weighted by Gasteiger charge is 2.18. The standard InChI is InChI=1S/C19H26N4O/c1-6-13(2)22-17(24)14-11-20-18(21-12-14)23-16-10-8-7-9-15(16)19(3,4)5/h7-13H,6H2,1-5H3,(H,22,24)(H,20,21,23). The van der Waals surface area contributed by atoms with E-state index >= 15 is 0 Å². The molecule has 2 N–H and O–H groups in total. The summed E-state index contributed by atoms with van der Waals surface area (Å²) in [4.78, 5) is 20.6. The quantitative estimate of drug-likeness (QED) is 0.870. The Morgan fingerprint density at radius 3 is 2.38 bits per heavy atom. The molecule has 1 amide bonds. The van der Waals surface area contributed by atoms with Gasteiger partial charge in [0.05, 0.1) is 5.56 Å². The van der Waals surface area contributed by atoms with Gasteiger partial charge in [0.15, 0.2) is 0 Å². The second-order valence-electron chi connectivity index (χ2n) is 7.00. The molecule has 0 saturated carbocycles. The maximum absolute atomic E-state index is 12.1. The van der Waals surface area contributed by atoms with Gasteiger partial charge in [-0.2, -0.15) is 0 Å². The van der Waals surface area contributed by atoms with Crippen LogP contribution in [0.3, 0.4) is 0 Å². The fourth-order valence-electron chi connectivity index (χ4n) is 2.29. The van der Waals surface area contributed by atoms with Crippen LogP contribution in [0.25, 0.3) is 0 Å². The monoisotopic (exact) mass is 326 g/mol. The lowest BCUT2D eigenvalue weighted by Gasteiger charge is -2.22. The molecule has 0 spiro atoms. The Labute approximate surface area is 143 Å². The Kier molecular flexibility index (Phi) is 5.54. The summed E-state index contributed by atoms with van der Waals surface area (Å²) >= 11 is 0. The highest BCUT2D eigenvalue weighted by molar-refractivity contribution is 5.93. The number of carbonyl (C=O) groups is 1. The number of aromatic nitrogens is 2. The molecule has 1 aromatic heterocycles. The van der Waals surface area contributed by atoms with Crippen LogP contribution in [0.1, 0.15) is 57.0 Å². The van der Waals surface area contributed by atoms with Gasteiger partial charge in [-0.05, 0) is 30.4 Å². The third-order valence-corrected chi connectivity index (χ3v) is 3.89. The number of carbonyl (C=O) groups excluding carboxylic acids is 1. The lowest BCUT2D eigenvalue weighted by Crippen LogP contribution is -2.32. The maximum Gasteiger partial charge on any atom is 0.254 e. The normalized spacial score (nSPS) is 12.5. The fourth-order valence-corrected chi connectivity index (χ4v) is 2.29. The molecule has 24 heavy (non-hydrogen) atoms. The van der Waals surface area contributed by atoms with Crippen LogP contribution >= 0.6 is 0 Å². The molecule has 1 heterocycles. The van der Waals surface area contributed by atoms with Gasteiger partial charge in [0.25, 0.3) is 5.91 Å². The molecule has 1 atom stereocenters. The van der Waals surface area contributed by atoms with Gasteiger partial charge in [0.1, 0.15) is 0 Å². The van der Waals surface area contributed by atoms with E-state index in [2.05, 4.69) is 47.4 Å². The summed E-state index contributed by atoms with van der Waals surface area (Å²) in [6.45, 7) is 10.5. The van der Waals surface area contributed by atoms with Crippen molar-refractivity contribution >= 4 is 17.5 Å². The van der Waals surface area contributed by atoms with Crippen LogP contribution < -0.4 is 10.6 Å². The van der Waals surface area contributed by atoms with E-state index in [1.165, 1.54) is 5.56 Å². The van der Waals surface area contributed by atoms with E-state index in [4.69, 9.17) is 0 Å². The van der Waals surface area contributed by atoms with E-state index in [0.29, 0.717) is 11.5 Å². The molecule has 0 fully saturated rings. The van der Waals surface area contributed by atoms with Crippen molar-refractivity contribution in [3.05, 3.63) is 47.8 Å². The Morgan fingerprint density at radius 1 is 1.17 bits per heavy atom. The Hall–Kier alpha value is -2.43. The van der Waals surface area contributed by atoms with Crippen LogP contribution in [0, 0.1) is 0 Å². The first kappa shape index (κ1) is 17.9. The summed E-state index contributed by atoms with van der Waals surface area (Å²) in [6.07, 6.45) is 3.98. The highest BCUT2D eigenvalue weighted by atomic mass is 16.1. The third kappa shape index (κ3) is 4.54. The van der Waals surface area contributed by atoms with E-state index in [9.17, 15) is 4.79 Å². The number of anilines is 2. The van der Waals surface area contributed by atoms with Gasteiger partial charge in [0.2, 0.25) is 5.95 Å². The first-order valence-electron chi connectivity index (χ1n) is 8.30. The number of para-hydroxylation sites is 1. The lowest BCUT2D eigenvalue weighted by molar-refractivity contribution is 0.0938. The zero-order valence-electron chi connectivity index (χ0n) is 15.1. The predicted molar refractivity (Wildman–Crippen MR) is 97.7 cm³/mol. The predicted octanol–water partition coefficient (Wildman–Crippen LogP) is 4.05. The van der Waals surface area contributed by atoms with E-state index < -0.39 is 0 Å². The summed E-state index contributed by atoms with van der Waals surface area (Å²) in [5, 5.41) is 6.15. The molecule has 5 heteroatoms. The van der Waals surface area contributed by atoms with Crippen molar-refractivity contribution in [1.82, 2.24) is 15.3 Å². The molecule has 1 unspecified atom stereocenters. The second kappa shape index (κ2) is 7.43. The number of hydrogen-bond donors (Lipinski definition) is 2. The zero-order chi connectivity index (χ0) is 17.7. The van der Waals surface area contributed by atoms with Gasteiger partial charge >= 0.3 is 0 Å². The van der Waals surface area contributed by atoms with Gasteiger partial charge in [0, 0.05) is 24.1 Å². The fraction of sp³-hybridized carbons (Fsp3) is 0.421. The van der Waals surface area contributed by atoms with Gasteiger partial charge in [-0.15, -0.1) is 0 Å². The molecule has 0 aliphatic heterocycles. The zero-order valence-corrected chi connectivity index (χ0v) is 15.1. The molecule has 0 aliphatic rings. The van der Waals surface area contributed by atoms with Crippen molar-refractivity contribution in [1.29, 1.82) is 0 Å². The lowest BCUT2D eigenvalue weighted by atomic mass is 9.86. The summed E-state index contributed by atoms with van der Waals surface area (Å²) < 4.78 is 0. The minimum Gasteiger partial charge on any atom is -0.350 e. The summed E-state index contributed by atoms with van der Waals surface area (Å²) in [5.41, 5.74) is 2.64. The van der Waals surface area contributed by atoms with Gasteiger partial charge < -0.3 is 10.6 Å². The summed E-state index contributed by atoms with van der Waals surface area (Å²) in [6, 6.07) is 8.23. The van der Waals surface area contributed by atoms with Crippen molar-refractivity contribution in [2.45, 2.75) is 52.5 Å². The molecule has 0 aliphatic carbocycles. The van der Waals surface area contributed by atoms with Crippen LogP contribution in [0.2, 0.25) is 0 Å². The van der Waals surface area contributed by atoms with Crippen molar-refractivity contribution in [3.8, 4) is 0 Å². The minimum atomic E-state index is -0.147. The number of hydrogen-bond acceptors (Lipinski definition) is 4. The largest absolute Gasteiger partial charge is 0.350 e. The van der Waals surface area contributed by atoms with Crippen molar-refractivity contribution in [2.75, 3.05) is 5.32 Å². The summed E-state index contributed by atoms with van der Waals surface area (Å²) in [7, 11) is 0. The SMILES string of the molecule is CCC(C)NC(=O)c1cnc(Nc2ccccc2C(C)(C)C)nc1. The number of amides is 1. The van der Waals surface area contributed by atoms with Crippen LogP contribution in [0.4, 0.5) is 11.6 Å². The maximum atomic E-state index is 12.1. The van der Waals surface area contributed by atoms with Crippen LogP contribution in [-0.2, 0) is 5.41 Å². The van der Waals surface area contributed by atoms with Crippen LogP contribution in [0.15, 0.2) is 36.7 Å². The summed E-state index contributed by atoms with van der Waals surface area (Å²) in [5.74, 6) is 0.331. The van der Waals surface area contributed by atoms with E-state index in [1.54, 1.807) is 12.4 Å². The molecule has 128 valence electrons. The van der Waals surface area contributed by atoms with Crippen molar-refractivity contribution < 1.29 is 4.79 Å². The molecule has 0 saturated heterocycles. The van der Waals surface area contributed by atoms with E-state index in [-0.39, 0.29) is 17.4 Å². The number of nitrogens with zero attached hydrogens (tertiary/aromatic N) is 2. The van der Waals surface area contributed by atoms with Crippen LogP contribution in [-0.4, -0.2) is 21.9 Å². The Morgan fingerprint density at radius 2 is 1.79 bits per heavy atom. The molecule has 2 aromatic rings. The molecule has 0 radical (unpaired) electrons. The molecular weight excluding hydrogens is 300 g/mol. The second-order valence-corrected chi connectivity index (χ2v) is 7.00. The Balaban J connectivity index is 2.14. The number of nitrogens with one attached hydrogen (secondary N) is 2. The van der Waals surface area contributed by atoms with E-state index in [1.807, 2.05) is 32.0 Å². The Bertz CT molecular complexity index is 689. The molecule has 0 bridgehead atoms. The molecule has 1 aromatic carbocycles. The smallest absolute Gasteiger partial charge is 0.254 e. The van der Waals surface area contributed by atoms with E-state index in [0.717, 1.165) is 12.1 Å². The first-order chi connectivity index (χ1) is 11.3. The molecule has 5 nitrogen and oxygen atoms in total. The minimum absolute atomic E-state index is 0.0136. The number of rotatable bonds is 5. The number of benzene rings is 1. The van der Waals surface area contributed by atoms with Crippen molar-refractivity contribution in [3.63, 3.8) is 0 Å². The third-order valence-electron chi connectivity index (χ3n) is 3.89. The topological polar surface area (TPSA) is 66.9 Å². The van der Waals surface area contributed by atoms with Gasteiger partial charge in [-0.3, -0.25) is 4.79 Å². The molecular formula is C19H26N4O. The van der Waals surface area contributed by atoms with Crippen molar-refractivity contribution in [2.24, 2.45) is 0 Å². The average Bonchev–Trinajstić information content (AvgIpc) is 2.55. The first-order valence-corrected chi connectivity index (χ1v) is 8.30. The highest BCUT2D eigenvalue weighted by Crippen LogP contribution is 2.30. The van der Waals surface area contributed by atoms with Gasteiger partial charge in [-0.25, -0.2) is 9.97 Å². The average molecular weight is 326 g/mol. The van der Waals surface area contributed by atoms with Crippen LogP contribution in [0.5, 0.6) is 0 Å². The van der Waals surface area contributed by atoms with Gasteiger partial charge in [-0.1, -0.05) is 45.9 Å². The molecule has 2 rings (SSSR count).